The molecule has 1 aromatic rings. The lowest BCUT2D eigenvalue weighted by Crippen LogP contribution is -2.39. The molecule has 1 fully saturated rings. The molecular formula is C12H14BrNO3S. The van der Waals surface area contributed by atoms with Crippen LogP contribution in [0, 0.1) is 12.8 Å². The third-order valence-corrected chi connectivity index (χ3v) is 5.66. The van der Waals surface area contributed by atoms with Crippen LogP contribution < -0.4 is 0 Å². The topological polar surface area (TPSA) is 57.6 Å². The van der Waals surface area contributed by atoms with Crippen LogP contribution in [-0.2, 0) is 0 Å². The fourth-order valence-electron chi connectivity index (χ4n) is 2.11. The zero-order valence-corrected chi connectivity index (χ0v) is 12.4. The maximum absolute atomic E-state index is 12.3. The Morgan fingerprint density at radius 3 is 2.50 bits per heavy atom. The molecule has 0 atom stereocenters. The van der Waals surface area contributed by atoms with Crippen molar-refractivity contribution in [3.63, 3.8) is 0 Å². The Bertz CT molecular complexity index is 478. The number of likely N-dealkylation sites (tertiary alicyclic amines) is 1. The van der Waals surface area contributed by atoms with Gasteiger partial charge in [0.05, 0.1) is 4.88 Å². The van der Waals surface area contributed by atoms with E-state index in [-0.39, 0.29) is 11.7 Å². The summed E-state index contributed by atoms with van der Waals surface area (Å²) in [5.74, 6) is 0.0972. The van der Waals surface area contributed by atoms with Gasteiger partial charge in [-0.15, -0.1) is 11.3 Å². The summed E-state index contributed by atoms with van der Waals surface area (Å²) in [6.07, 6.45) is 0.345. The molecule has 1 N–H and O–H groups in total. The maximum Gasteiger partial charge on any atom is 0.407 e. The van der Waals surface area contributed by atoms with E-state index in [0.717, 1.165) is 14.9 Å². The Morgan fingerprint density at radius 1 is 1.44 bits per heavy atom. The molecule has 0 unspecified atom stereocenters. The number of rotatable bonds is 2. The lowest BCUT2D eigenvalue weighted by atomic mass is 9.92. The van der Waals surface area contributed by atoms with E-state index in [0.29, 0.717) is 25.9 Å². The minimum atomic E-state index is -0.894. The first-order chi connectivity index (χ1) is 8.50. The average Bonchev–Trinajstić information content (AvgIpc) is 2.69. The minimum absolute atomic E-state index is 0.0463. The lowest BCUT2D eigenvalue weighted by Gasteiger charge is -2.28. The summed E-state index contributed by atoms with van der Waals surface area (Å²) >= 11 is 4.90. The second-order valence-electron chi connectivity index (χ2n) is 4.47. The number of thiophene rings is 1. The Hall–Kier alpha value is -0.880. The van der Waals surface area contributed by atoms with E-state index in [2.05, 4.69) is 15.9 Å². The molecule has 2 heterocycles. The summed E-state index contributed by atoms with van der Waals surface area (Å²) in [4.78, 5) is 25.3. The predicted octanol–water partition coefficient (Wildman–Crippen LogP) is 3.39. The number of aryl methyl sites for hydroxylation is 1. The first-order valence-corrected chi connectivity index (χ1v) is 7.43. The molecule has 6 heteroatoms. The lowest BCUT2D eigenvalue weighted by molar-refractivity contribution is 0.0824. The highest BCUT2D eigenvalue weighted by Crippen LogP contribution is 2.32. The van der Waals surface area contributed by atoms with E-state index >= 15 is 0 Å². The van der Waals surface area contributed by atoms with E-state index in [4.69, 9.17) is 5.11 Å². The molecule has 1 aromatic heterocycles. The highest BCUT2D eigenvalue weighted by atomic mass is 79.9. The zero-order chi connectivity index (χ0) is 13.3. The summed E-state index contributed by atoms with van der Waals surface area (Å²) in [7, 11) is 0. The fourth-order valence-corrected chi connectivity index (χ4v) is 3.82. The number of piperidine rings is 1. The van der Waals surface area contributed by atoms with Crippen molar-refractivity contribution in [1.82, 2.24) is 4.90 Å². The number of hydrogen-bond acceptors (Lipinski definition) is 3. The van der Waals surface area contributed by atoms with Crippen molar-refractivity contribution in [2.75, 3.05) is 13.1 Å². The third-order valence-electron chi connectivity index (χ3n) is 3.26. The summed E-state index contributed by atoms with van der Waals surface area (Å²) < 4.78 is 0.887. The molecular weight excluding hydrogens is 318 g/mol. The van der Waals surface area contributed by atoms with Gasteiger partial charge < -0.3 is 10.0 Å². The summed E-state index contributed by atoms with van der Waals surface area (Å²) in [6.45, 7) is 2.87. The largest absolute Gasteiger partial charge is 0.465 e. The van der Waals surface area contributed by atoms with Crippen molar-refractivity contribution in [1.29, 1.82) is 0 Å². The molecule has 0 aliphatic carbocycles. The fraction of sp³-hybridized carbons (Fsp3) is 0.500. The molecule has 0 radical (unpaired) electrons. The number of ketones is 1. The van der Waals surface area contributed by atoms with Crippen LogP contribution in [0.15, 0.2) is 9.85 Å². The average molecular weight is 332 g/mol. The molecule has 18 heavy (non-hydrogen) atoms. The number of carbonyl (C=O) groups excluding carboxylic acids is 1. The van der Waals surface area contributed by atoms with Crippen LogP contribution >= 0.6 is 27.3 Å². The second kappa shape index (κ2) is 5.40. The molecule has 1 saturated heterocycles. The van der Waals surface area contributed by atoms with Crippen molar-refractivity contribution in [2.45, 2.75) is 19.8 Å². The third kappa shape index (κ3) is 2.59. The van der Waals surface area contributed by atoms with Crippen molar-refractivity contribution in [2.24, 2.45) is 5.92 Å². The first-order valence-electron chi connectivity index (χ1n) is 5.76. The van der Waals surface area contributed by atoms with Crippen molar-refractivity contribution >= 4 is 39.1 Å². The molecule has 1 amide bonds. The van der Waals surface area contributed by atoms with Crippen LogP contribution in [0.2, 0.25) is 0 Å². The SMILES string of the molecule is Cc1csc(C(=O)C2CCN(C(=O)O)CC2)c1Br. The van der Waals surface area contributed by atoms with Gasteiger partial charge in [-0.2, -0.15) is 0 Å². The van der Waals surface area contributed by atoms with Gasteiger partial charge in [-0.25, -0.2) is 4.79 Å². The summed E-state index contributed by atoms with van der Waals surface area (Å²) in [5.41, 5.74) is 1.08. The highest BCUT2D eigenvalue weighted by molar-refractivity contribution is 9.10. The Kier molecular flexibility index (Phi) is 4.07. The molecule has 0 aromatic carbocycles. The molecule has 0 bridgehead atoms. The van der Waals surface area contributed by atoms with Gasteiger partial charge in [0.25, 0.3) is 0 Å². The molecule has 0 saturated carbocycles. The summed E-state index contributed by atoms with van der Waals surface area (Å²) in [5, 5.41) is 10.8. The monoisotopic (exact) mass is 331 g/mol. The number of carboxylic acid groups (broad SMARTS) is 1. The van der Waals surface area contributed by atoms with E-state index in [1.807, 2.05) is 12.3 Å². The van der Waals surface area contributed by atoms with Gasteiger partial charge in [-0.3, -0.25) is 4.79 Å². The standard InChI is InChI=1S/C12H14BrNO3S/c1-7-6-18-11(9(7)13)10(15)8-2-4-14(5-3-8)12(16)17/h6,8H,2-5H2,1H3,(H,16,17). The number of amides is 1. The van der Waals surface area contributed by atoms with E-state index in [9.17, 15) is 9.59 Å². The summed E-state index contributed by atoms with van der Waals surface area (Å²) in [6, 6.07) is 0. The van der Waals surface area contributed by atoms with Crippen LogP contribution in [0.1, 0.15) is 28.1 Å². The number of nitrogens with zero attached hydrogens (tertiary/aromatic N) is 1. The molecule has 98 valence electrons. The maximum atomic E-state index is 12.3. The Morgan fingerprint density at radius 2 is 2.06 bits per heavy atom. The van der Waals surface area contributed by atoms with Crippen LogP contribution in [0.25, 0.3) is 0 Å². The van der Waals surface area contributed by atoms with Gasteiger partial charge in [0, 0.05) is 23.5 Å². The van der Waals surface area contributed by atoms with Crippen LogP contribution in [-0.4, -0.2) is 35.0 Å². The van der Waals surface area contributed by atoms with E-state index in [1.54, 1.807) is 0 Å². The van der Waals surface area contributed by atoms with E-state index in [1.165, 1.54) is 16.2 Å². The molecule has 1 aliphatic heterocycles. The molecule has 4 nitrogen and oxygen atoms in total. The number of halogens is 1. The van der Waals surface area contributed by atoms with Crippen molar-refractivity contribution < 1.29 is 14.7 Å². The van der Waals surface area contributed by atoms with Crippen LogP contribution in [0.3, 0.4) is 0 Å². The Labute approximate surface area is 118 Å². The van der Waals surface area contributed by atoms with Gasteiger partial charge in [0.15, 0.2) is 5.78 Å². The Balaban J connectivity index is 2.04. The first kappa shape index (κ1) is 13.5. The molecule has 1 aliphatic rings. The van der Waals surface area contributed by atoms with Crippen molar-refractivity contribution in [3.05, 3.63) is 20.3 Å². The van der Waals surface area contributed by atoms with Crippen LogP contribution in [0.4, 0.5) is 4.79 Å². The number of carbonyl (C=O) groups is 2. The number of Topliss-reactive ketones (excluding diaryl/α,β-unsaturated/α-hetero) is 1. The normalized spacial score (nSPS) is 16.9. The molecule has 2 rings (SSSR count). The van der Waals surface area contributed by atoms with Gasteiger partial charge in [-0.1, -0.05) is 0 Å². The van der Waals surface area contributed by atoms with Gasteiger partial charge in [0.1, 0.15) is 0 Å². The number of hydrogen-bond donors (Lipinski definition) is 1. The van der Waals surface area contributed by atoms with Gasteiger partial charge in [0.2, 0.25) is 0 Å². The smallest absolute Gasteiger partial charge is 0.407 e. The van der Waals surface area contributed by atoms with Gasteiger partial charge in [-0.05, 0) is 46.6 Å². The predicted molar refractivity (Wildman–Crippen MR) is 73.4 cm³/mol. The highest BCUT2D eigenvalue weighted by Gasteiger charge is 2.29. The van der Waals surface area contributed by atoms with E-state index < -0.39 is 6.09 Å². The van der Waals surface area contributed by atoms with Crippen molar-refractivity contribution in [3.8, 4) is 0 Å². The molecule has 0 spiro atoms. The zero-order valence-electron chi connectivity index (χ0n) is 9.98. The van der Waals surface area contributed by atoms with Gasteiger partial charge >= 0.3 is 6.09 Å². The minimum Gasteiger partial charge on any atom is -0.465 e. The second-order valence-corrected chi connectivity index (χ2v) is 6.14. The van der Waals surface area contributed by atoms with Crippen LogP contribution in [0.5, 0.6) is 0 Å². The quantitative estimate of drug-likeness (QED) is 0.845.